The van der Waals surface area contributed by atoms with E-state index in [1.165, 1.54) is 4.57 Å². The van der Waals surface area contributed by atoms with Crippen LogP contribution in [-0.4, -0.2) is 39.0 Å². The topological polar surface area (TPSA) is 127 Å². The lowest BCUT2D eigenvalue weighted by atomic mass is 10.0. The van der Waals surface area contributed by atoms with E-state index in [4.69, 9.17) is 23.1 Å². The van der Waals surface area contributed by atoms with Crippen LogP contribution in [0.3, 0.4) is 0 Å². The number of aryl methyl sites for hydroxylation is 1. The molecule has 0 amide bonds. The summed E-state index contributed by atoms with van der Waals surface area (Å²) in [6.45, 7) is 4.02. The van der Waals surface area contributed by atoms with Gasteiger partial charge in [0.2, 0.25) is 0 Å². The molecule has 1 aliphatic carbocycles. The van der Waals surface area contributed by atoms with Crippen molar-refractivity contribution in [3.05, 3.63) is 81.1 Å². The summed E-state index contributed by atoms with van der Waals surface area (Å²) in [6.07, 6.45) is 7.40. The molecule has 0 aliphatic heterocycles. The van der Waals surface area contributed by atoms with Crippen molar-refractivity contribution in [1.29, 1.82) is 0 Å². The first-order valence-electron chi connectivity index (χ1n) is 13.7. The highest BCUT2D eigenvalue weighted by Crippen LogP contribution is 2.37. The van der Waals surface area contributed by atoms with Gasteiger partial charge < -0.3 is 21.8 Å². The van der Waals surface area contributed by atoms with Crippen LogP contribution in [0, 0.1) is 5.82 Å². The van der Waals surface area contributed by atoms with E-state index in [0.717, 1.165) is 56.2 Å². The molecule has 2 heterocycles. The fourth-order valence-electron chi connectivity index (χ4n) is 4.83. The molecule has 6 N–H and O–H groups in total. The molecule has 0 bridgehead atoms. The fraction of sp³-hybridized carbons (Fsp3) is 0.367. The minimum atomic E-state index is -0.504. The van der Waals surface area contributed by atoms with Crippen LogP contribution in [0.2, 0.25) is 5.02 Å². The molecule has 10 heteroatoms. The third-order valence-corrected chi connectivity index (χ3v) is 7.61. The molecule has 0 spiro atoms. The van der Waals surface area contributed by atoms with Crippen molar-refractivity contribution in [3.8, 4) is 16.9 Å². The van der Waals surface area contributed by atoms with Crippen molar-refractivity contribution in [2.45, 2.75) is 57.5 Å². The van der Waals surface area contributed by atoms with E-state index in [0.29, 0.717) is 46.9 Å². The lowest BCUT2D eigenvalue weighted by Crippen LogP contribution is -2.21. The van der Waals surface area contributed by atoms with Gasteiger partial charge in [-0.1, -0.05) is 23.7 Å². The number of hydrogen-bond donors (Lipinski definition) is 4. The lowest BCUT2D eigenvalue weighted by molar-refractivity contribution is 0.575. The van der Waals surface area contributed by atoms with Crippen LogP contribution >= 0.6 is 11.6 Å². The molecule has 0 radical (unpaired) electrons. The van der Waals surface area contributed by atoms with Crippen LogP contribution in [-0.2, 0) is 13.0 Å². The van der Waals surface area contributed by atoms with E-state index in [-0.39, 0.29) is 10.6 Å². The first kappa shape index (κ1) is 28.0. The molecule has 8 nitrogen and oxygen atoms in total. The molecule has 0 atom stereocenters. The Balaban J connectivity index is 1.30. The minimum Gasteiger partial charge on any atom is -0.388 e. The van der Waals surface area contributed by atoms with Crippen LogP contribution in [0.15, 0.2) is 58.4 Å². The summed E-state index contributed by atoms with van der Waals surface area (Å²) in [5.41, 5.74) is 15.3. The molecule has 0 saturated heterocycles. The van der Waals surface area contributed by atoms with Gasteiger partial charge in [0.25, 0.3) is 0 Å². The largest absolute Gasteiger partial charge is 0.388 e. The van der Waals surface area contributed by atoms with Crippen LogP contribution in [0.1, 0.15) is 50.2 Å². The molecule has 2 aromatic heterocycles. The highest BCUT2D eigenvalue weighted by molar-refractivity contribution is 6.31. The molecule has 1 fully saturated rings. The second kappa shape index (κ2) is 11.9. The zero-order valence-corrected chi connectivity index (χ0v) is 23.4. The molecule has 1 saturated carbocycles. The lowest BCUT2D eigenvalue weighted by Gasteiger charge is -2.10. The number of aromatic amines is 1. The van der Waals surface area contributed by atoms with Crippen LogP contribution in [0.4, 0.5) is 4.39 Å². The first-order chi connectivity index (χ1) is 19.2. The van der Waals surface area contributed by atoms with E-state index in [1.807, 2.05) is 30.3 Å². The summed E-state index contributed by atoms with van der Waals surface area (Å²) in [4.78, 5) is 24.4. The van der Waals surface area contributed by atoms with E-state index < -0.39 is 11.5 Å². The van der Waals surface area contributed by atoms with Gasteiger partial charge in [0, 0.05) is 35.8 Å². The number of benzene rings is 2. The van der Waals surface area contributed by atoms with Crippen LogP contribution in [0.5, 0.6) is 0 Å². The highest BCUT2D eigenvalue weighted by Gasteiger charge is 2.37. The fourth-order valence-corrected chi connectivity index (χ4v) is 5.07. The van der Waals surface area contributed by atoms with Crippen molar-refractivity contribution in [2.75, 3.05) is 13.1 Å². The quantitative estimate of drug-likeness (QED) is 0.111. The Kier molecular flexibility index (Phi) is 8.35. The Hall–Kier alpha value is -3.53. The van der Waals surface area contributed by atoms with Gasteiger partial charge in [-0.15, -0.1) is 0 Å². The Bertz CT molecular complexity index is 1580. The summed E-state index contributed by atoms with van der Waals surface area (Å²) in [6, 6.07) is 13.0. The predicted molar refractivity (Wildman–Crippen MR) is 160 cm³/mol. The highest BCUT2D eigenvalue weighted by atomic mass is 35.5. The predicted octanol–water partition coefficient (Wildman–Crippen LogP) is 4.84. The Morgan fingerprint density at radius 1 is 1.20 bits per heavy atom. The number of amidine groups is 1. The monoisotopic (exact) mass is 563 g/mol. The molecular formula is C30H35ClFN7O. The summed E-state index contributed by atoms with van der Waals surface area (Å²) in [7, 11) is 0. The number of rotatable bonds is 12. The number of aromatic nitrogens is 3. The Labute approximate surface area is 237 Å². The third kappa shape index (κ3) is 6.78. The second-order valence-electron chi connectivity index (χ2n) is 10.8. The van der Waals surface area contributed by atoms with Crippen LogP contribution < -0.4 is 22.5 Å². The van der Waals surface area contributed by atoms with Gasteiger partial charge in [-0.05, 0) is 93.5 Å². The third-order valence-electron chi connectivity index (χ3n) is 7.34. The van der Waals surface area contributed by atoms with Crippen molar-refractivity contribution >= 4 is 28.5 Å². The maximum Gasteiger partial charge on any atom is 0.354 e. The molecule has 4 aromatic rings. The molecule has 40 heavy (non-hydrogen) atoms. The Morgan fingerprint density at radius 3 is 2.70 bits per heavy atom. The zero-order chi connectivity index (χ0) is 28.3. The molecular weight excluding hydrogens is 529 g/mol. The SMILES string of the molecule is CC(N)=NCCCNCc1ccc(-n2cc3cc(-c4cc(CCCC5(N)CC5)cc(Cl)c4F)[nH]c3nc2=O)cc1. The first-order valence-corrected chi connectivity index (χ1v) is 14.0. The molecule has 5 rings (SSSR count). The summed E-state index contributed by atoms with van der Waals surface area (Å²) in [5, 5.41) is 4.14. The minimum absolute atomic E-state index is 0.0161. The number of halogens is 2. The van der Waals surface area contributed by atoms with E-state index >= 15 is 4.39 Å². The average Bonchev–Trinajstić information content (AvgIpc) is 3.51. The van der Waals surface area contributed by atoms with Crippen molar-refractivity contribution in [3.63, 3.8) is 0 Å². The number of nitrogens with zero attached hydrogens (tertiary/aromatic N) is 3. The van der Waals surface area contributed by atoms with Gasteiger partial charge in [-0.3, -0.25) is 9.56 Å². The number of fused-ring (bicyclic) bond motifs is 1. The maximum absolute atomic E-state index is 15.1. The number of aliphatic imine (C=N–C) groups is 1. The number of nitrogens with one attached hydrogen (secondary N) is 2. The molecule has 0 unspecified atom stereocenters. The normalized spacial score (nSPS) is 14.7. The van der Waals surface area contributed by atoms with Gasteiger partial charge in [-0.25, -0.2) is 9.18 Å². The van der Waals surface area contributed by atoms with Crippen molar-refractivity contribution in [2.24, 2.45) is 16.5 Å². The van der Waals surface area contributed by atoms with Crippen LogP contribution in [0.25, 0.3) is 28.0 Å². The summed E-state index contributed by atoms with van der Waals surface area (Å²) >= 11 is 6.26. The molecule has 1 aliphatic rings. The summed E-state index contributed by atoms with van der Waals surface area (Å²) in [5.74, 6) is 0.0939. The molecule has 2 aromatic carbocycles. The zero-order valence-electron chi connectivity index (χ0n) is 22.6. The van der Waals surface area contributed by atoms with Crippen molar-refractivity contribution < 1.29 is 4.39 Å². The standard InChI is InChI=1S/C30H35ClFN7O/c1-19(33)36-13-3-12-35-17-20-5-7-23(8-6-20)39-18-22-16-26(37-28(22)38-29(39)40)24-14-21(15-25(31)27(24)32)4-2-9-30(34)10-11-30/h5-8,14-16,18,35H,2-4,9-13,17,34H2,1H3,(H2,33,36)(H,37,38,40). The number of hydrogen-bond acceptors (Lipinski definition) is 5. The Morgan fingerprint density at radius 2 is 1.98 bits per heavy atom. The number of H-pyrrole nitrogens is 1. The van der Waals surface area contributed by atoms with Gasteiger partial charge in [-0.2, -0.15) is 4.98 Å². The van der Waals surface area contributed by atoms with E-state index in [1.54, 1.807) is 25.3 Å². The second-order valence-corrected chi connectivity index (χ2v) is 11.2. The van der Waals surface area contributed by atoms with Gasteiger partial charge in [0.15, 0.2) is 5.82 Å². The molecule has 210 valence electrons. The van der Waals surface area contributed by atoms with Crippen molar-refractivity contribution in [1.82, 2.24) is 19.9 Å². The maximum atomic E-state index is 15.1. The van der Waals surface area contributed by atoms with Gasteiger partial charge >= 0.3 is 5.69 Å². The van der Waals surface area contributed by atoms with Gasteiger partial charge in [0.1, 0.15) is 5.65 Å². The van der Waals surface area contributed by atoms with E-state index in [2.05, 4.69) is 20.3 Å². The summed E-state index contributed by atoms with van der Waals surface area (Å²) < 4.78 is 16.6. The number of nitrogens with two attached hydrogens (primary N) is 2. The van der Waals surface area contributed by atoms with Gasteiger partial charge in [0.05, 0.1) is 22.2 Å². The van der Waals surface area contributed by atoms with E-state index in [9.17, 15) is 4.79 Å². The average molecular weight is 564 g/mol. The smallest absolute Gasteiger partial charge is 0.354 e.